The van der Waals surface area contributed by atoms with Crippen LogP contribution in [0.25, 0.3) is 0 Å². The van der Waals surface area contributed by atoms with Crippen molar-refractivity contribution in [1.82, 2.24) is 0 Å². The molecule has 44 heavy (non-hydrogen) atoms. The van der Waals surface area contributed by atoms with E-state index in [4.69, 9.17) is 28.4 Å². The van der Waals surface area contributed by atoms with Crippen LogP contribution in [0.1, 0.15) is 31.8 Å². The SMILES string of the molecule is O=C(c1ccccc1)c1ccc(OCCOCCOCCOCCOCCOc2ccc(C(=O)c3ccccc3)cc2)cc1. The monoisotopic (exact) mass is 598 g/mol. The molecule has 4 rings (SSSR count). The van der Waals surface area contributed by atoms with E-state index in [2.05, 4.69) is 0 Å². The number of hydrogen-bond acceptors (Lipinski definition) is 8. The van der Waals surface area contributed by atoms with Gasteiger partial charge in [0.25, 0.3) is 0 Å². The summed E-state index contributed by atoms with van der Waals surface area (Å²) in [6.45, 7) is 4.48. The van der Waals surface area contributed by atoms with E-state index in [1.165, 1.54) is 0 Å². The van der Waals surface area contributed by atoms with Crippen LogP contribution in [0.4, 0.5) is 0 Å². The standard InChI is InChI=1S/C36H38O8/c37-35(29-7-3-1-4-8-29)31-11-15-33(16-12-31)43-27-25-41-23-21-39-19-20-40-22-24-42-26-28-44-34-17-13-32(14-18-34)36(38)30-9-5-2-6-10-30/h1-18H,19-28H2. The quantitative estimate of drug-likeness (QED) is 0.0895. The number of carbonyl (C=O) groups excluding carboxylic acids is 2. The molecule has 4 aromatic rings. The predicted molar refractivity (Wildman–Crippen MR) is 167 cm³/mol. The molecule has 0 amide bonds. The zero-order valence-corrected chi connectivity index (χ0v) is 24.7. The van der Waals surface area contributed by atoms with Gasteiger partial charge in [0.2, 0.25) is 0 Å². The third kappa shape index (κ3) is 11.4. The van der Waals surface area contributed by atoms with Crippen molar-refractivity contribution in [3.8, 4) is 11.5 Å². The van der Waals surface area contributed by atoms with Crippen molar-refractivity contribution in [2.45, 2.75) is 0 Å². The minimum atomic E-state index is -0.0145. The van der Waals surface area contributed by atoms with Crippen molar-refractivity contribution in [2.24, 2.45) is 0 Å². The highest BCUT2D eigenvalue weighted by atomic mass is 16.6. The van der Waals surface area contributed by atoms with Gasteiger partial charge in [0.1, 0.15) is 24.7 Å². The Morgan fingerprint density at radius 2 is 0.614 bits per heavy atom. The van der Waals surface area contributed by atoms with Gasteiger partial charge in [0, 0.05) is 22.3 Å². The van der Waals surface area contributed by atoms with Gasteiger partial charge in [0.15, 0.2) is 11.6 Å². The molecule has 0 unspecified atom stereocenters. The molecule has 0 aliphatic carbocycles. The van der Waals surface area contributed by atoms with Gasteiger partial charge in [-0.2, -0.15) is 0 Å². The summed E-state index contributed by atoms with van der Waals surface area (Å²) in [7, 11) is 0. The number of hydrogen-bond donors (Lipinski definition) is 0. The number of ether oxygens (including phenoxy) is 6. The lowest BCUT2D eigenvalue weighted by Crippen LogP contribution is -2.14. The molecule has 0 heterocycles. The third-order valence-corrected chi connectivity index (χ3v) is 6.41. The van der Waals surface area contributed by atoms with E-state index in [0.29, 0.717) is 99.8 Å². The molecular weight excluding hydrogens is 560 g/mol. The summed E-state index contributed by atoms with van der Waals surface area (Å²) in [5.74, 6) is 1.34. The lowest BCUT2D eigenvalue weighted by molar-refractivity contribution is -0.00699. The van der Waals surface area contributed by atoms with Gasteiger partial charge in [-0.3, -0.25) is 9.59 Å². The second kappa shape index (κ2) is 19.0. The number of carbonyl (C=O) groups is 2. The van der Waals surface area contributed by atoms with Crippen LogP contribution in [0.3, 0.4) is 0 Å². The first-order chi connectivity index (χ1) is 21.7. The molecule has 8 nitrogen and oxygen atoms in total. The molecule has 0 aliphatic rings. The van der Waals surface area contributed by atoms with Crippen molar-refractivity contribution in [3.63, 3.8) is 0 Å². The molecular formula is C36H38O8. The molecule has 0 spiro atoms. The Bertz CT molecular complexity index is 1260. The Labute approximate surface area is 258 Å². The number of ketones is 2. The minimum absolute atomic E-state index is 0.0145. The van der Waals surface area contributed by atoms with Crippen LogP contribution in [0.2, 0.25) is 0 Å². The Kier molecular flexibility index (Phi) is 14.1. The highest BCUT2D eigenvalue weighted by Gasteiger charge is 2.09. The molecule has 8 heteroatoms. The lowest BCUT2D eigenvalue weighted by Gasteiger charge is -2.09. The Hall–Kier alpha value is -4.34. The molecule has 0 aromatic heterocycles. The smallest absolute Gasteiger partial charge is 0.193 e. The molecule has 0 N–H and O–H groups in total. The zero-order chi connectivity index (χ0) is 30.7. The Morgan fingerprint density at radius 1 is 0.341 bits per heavy atom. The van der Waals surface area contributed by atoms with Gasteiger partial charge < -0.3 is 28.4 Å². The van der Waals surface area contributed by atoms with Crippen LogP contribution in [0, 0.1) is 0 Å². The van der Waals surface area contributed by atoms with E-state index in [9.17, 15) is 9.59 Å². The van der Waals surface area contributed by atoms with E-state index in [-0.39, 0.29) is 11.6 Å². The fourth-order valence-electron chi connectivity index (χ4n) is 4.12. The predicted octanol–water partition coefficient (Wildman–Crippen LogP) is 5.67. The normalized spacial score (nSPS) is 10.8. The van der Waals surface area contributed by atoms with Crippen LogP contribution in [0.15, 0.2) is 109 Å². The van der Waals surface area contributed by atoms with E-state index < -0.39 is 0 Å². The van der Waals surface area contributed by atoms with E-state index in [1.54, 1.807) is 72.8 Å². The molecule has 0 fully saturated rings. The van der Waals surface area contributed by atoms with Crippen LogP contribution in [-0.2, 0) is 18.9 Å². The van der Waals surface area contributed by atoms with Gasteiger partial charge in [-0.25, -0.2) is 0 Å². The highest BCUT2D eigenvalue weighted by molar-refractivity contribution is 6.09. The maximum absolute atomic E-state index is 12.5. The van der Waals surface area contributed by atoms with Gasteiger partial charge >= 0.3 is 0 Å². The van der Waals surface area contributed by atoms with Crippen LogP contribution < -0.4 is 9.47 Å². The molecule has 0 aliphatic heterocycles. The minimum Gasteiger partial charge on any atom is -0.491 e. The van der Waals surface area contributed by atoms with E-state index in [1.807, 2.05) is 36.4 Å². The summed E-state index contributed by atoms with van der Waals surface area (Å²) in [4.78, 5) is 24.9. The fraction of sp³-hybridized carbons (Fsp3) is 0.278. The lowest BCUT2D eigenvalue weighted by atomic mass is 10.0. The molecule has 0 bridgehead atoms. The van der Waals surface area contributed by atoms with Gasteiger partial charge in [-0.05, 0) is 48.5 Å². The summed E-state index contributed by atoms with van der Waals surface area (Å²) in [6, 6.07) is 32.6. The van der Waals surface area contributed by atoms with Crippen molar-refractivity contribution < 1.29 is 38.0 Å². The number of rotatable bonds is 21. The molecule has 0 radical (unpaired) electrons. The molecule has 0 saturated heterocycles. The first-order valence-electron chi connectivity index (χ1n) is 14.7. The summed E-state index contributed by atoms with van der Waals surface area (Å²) in [5.41, 5.74) is 2.57. The maximum Gasteiger partial charge on any atom is 0.193 e. The van der Waals surface area contributed by atoms with Crippen molar-refractivity contribution in [2.75, 3.05) is 66.1 Å². The fourth-order valence-corrected chi connectivity index (χ4v) is 4.12. The third-order valence-electron chi connectivity index (χ3n) is 6.41. The Morgan fingerprint density at radius 3 is 0.932 bits per heavy atom. The summed E-state index contributed by atoms with van der Waals surface area (Å²) >= 11 is 0. The Balaban J connectivity index is 0.918. The van der Waals surface area contributed by atoms with E-state index in [0.717, 1.165) is 0 Å². The van der Waals surface area contributed by atoms with Crippen molar-refractivity contribution >= 4 is 11.6 Å². The highest BCUT2D eigenvalue weighted by Crippen LogP contribution is 2.16. The first kappa shape index (κ1) is 32.6. The van der Waals surface area contributed by atoms with Gasteiger partial charge in [-0.1, -0.05) is 60.7 Å². The largest absolute Gasteiger partial charge is 0.491 e. The van der Waals surface area contributed by atoms with Crippen molar-refractivity contribution in [3.05, 3.63) is 131 Å². The summed E-state index contributed by atoms with van der Waals surface area (Å²) < 4.78 is 33.4. The van der Waals surface area contributed by atoms with E-state index >= 15 is 0 Å². The number of benzene rings is 4. The zero-order valence-electron chi connectivity index (χ0n) is 24.7. The molecule has 0 atom stereocenters. The van der Waals surface area contributed by atoms with Crippen LogP contribution in [-0.4, -0.2) is 77.6 Å². The average Bonchev–Trinajstić information content (AvgIpc) is 3.08. The summed E-state index contributed by atoms with van der Waals surface area (Å²) in [6.07, 6.45) is 0. The second-order valence-corrected chi connectivity index (χ2v) is 9.59. The maximum atomic E-state index is 12.5. The first-order valence-corrected chi connectivity index (χ1v) is 14.7. The molecule has 0 saturated carbocycles. The van der Waals surface area contributed by atoms with Gasteiger partial charge in [-0.15, -0.1) is 0 Å². The summed E-state index contributed by atoms with van der Waals surface area (Å²) in [5, 5.41) is 0. The molecule has 230 valence electrons. The second-order valence-electron chi connectivity index (χ2n) is 9.59. The van der Waals surface area contributed by atoms with Crippen LogP contribution in [0.5, 0.6) is 11.5 Å². The topological polar surface area (TPSA) is 89.5 Å². The molecule has 4 aromatic carbocycles. The van der Waals surface area contributed by atoms with Crippen LogP contribution >= 0.6 is 0 Å². The van der Waals surface area contributed by atoms with Crippen molar-refractivity contribution in [1.29, 1.82) is 0 Å². The van der Waals surface area contributed by atoms with Gasteiger partial charge in [0.05, 0.1) is 52.9 Å². The average molecular weight is 599 g/mol.